The van der Waals surface area contributed by atoms with Gasteiger partial charge in [-0.05, 0) is 36.4 Å². The van der Waals surface area contributed by atoms with Crippen LogP contribution in [0.1, 0.15) is 16.7 Å². The Morgan fingerprint density at radius 1 is 1.00 bits per heavy atom. The van der Waals surface area contributed by atoms with Crippen LogP contribution in [0.15, 0.2) is 54.9 Å². The average molecular weight is 616 g/mol. The summed E-state index contributed by atoms with van der Waals surface area (Å²) < 4.78 is 10.1. The van der Waals surface area contributed by atoms with Crippen LogP contribution in [0.25, 0.3) is 33.6 Å². The third-order valence-electron chi connectivity index (χ3n) is 7.74. The molecule has 0 saturated carbocycles. The van der Waals surface area contributed by atoms with Gasteiger partial charge in [0, 0.05) is 65.6 Å². The molecule has 0 N–H and O–H groups in total. The summed E-state index contributed by atoms with van der Waals surface area (Å²) in [7, 11) is -1.23. The van der Waals surface area contributed by atoms with Crippen LogP contribution in [0.4, 0.5) is 5.00 Å². The number of amides is 1. The highest BCUT2D eigenvalue weighted by molar-refractivity contribution is 7.18. The molecule has 0 aliphatic carbocycles. The summed E-state index contributed by atoms with van der Waals surface area (Å²) in [6, 6.07) is 15.0. The number of pyridine rings is 1. The van der Waals surface area contributed by atoms with E-state index in [4.69, 9.17) is 14.7 Å². The number of ketones is 1. The Morgan fingerprint density at radius 3 is 2.56 bits per heavy atom. The van der Waals surface area contributed by atoms with Crippen LogP contribution in [0, 0.1) is 0 Å². The molecule has 1 aliphatic rings. The first kappa shape index (κ1) is 29.2. The predicted molar refractivity (Wildman–Crippen MR) is 173 cm³/mol. The van der Waals surface area contributed by atoms with E-state index in [0.717, 1.165) is 33.1 Å². The zero-order chi connectivity index (χ0) is 30.1. The van der Waals surface area contributed by atoms with Gasteiger partial charge in [0.1, 0.15) is 29.6 Å². The molecule has 1 aliphatic heterocycles. The molecule has 0 bridgehead atoms. The number of carbonyl (C=O) groups excluding carboxylic acids is 2. The van der Waals surface area contributed by atoms with E-state index in [-0.39, 0.29) is 18.2 Å². The van der Waals surface area contributed by atoms with Crippen molar-refractivity contribution in [3.05, 3.63) is 59.9 Å². The highest BCUT2D eigenvalue weighted by Crippen LogP contribution is 2.38. The van der Waals surface area contributed by atoms with Crippen LogP contribution in [0.2, 0.25) is 25.7 Å². The predicted octanol–water partition coefficient (Wildman–Crippen LogP) is 5.37. The van der Waals surface area contributed by atoms with E-state index in [0.29, 0.717) is 56.0 Å². The lowest BCUT2D eigenvalue weighted by Gasteiger charge is -2.35. The molecule has 5 heterocycles. The minimum Gasteiger partial charge on any atom is -0.361 e. The molecule has 4 aromatic heterocycles. The number of carbonyl (C=O) groups is 2. The SMILES string of the molecule is CC(=O)c1nc(-c2nc3ccccc3n2COCC[Si](C)(C)C)c(N2CCN(C(=O)Cn3ccc4cccnc43)CC2)s1. The molecule has 1 saturated heterocycles. The Balaban J connectivity index is 1.23. The van der Waals surface area contributed by atoms with Crippen molar-refractivity contribution < 1.29 is 14.3 Å². The van der Waals surface area contributed by atoms with Gasteiger partial charge in [-0.1, -0.05) is 43.1 Å². The van der Waals surface area contributed by atoms with Gasteiger partial charge in [-0.15, -0.1) is 0 Å². The minimum absolute atomic E-state index is 0.0639. The molecule has 1 amide bonds. The fourth-order valence-corrected chi connectivity index (χ4v) is 7.06. The maximum absolute atomic E-state index is 13.2. The van der Waals surface area contributed by atoms with Crippen LogP contribution in [-0.4, -0.2) is 81.5 Å². The molecule has 5 aromatic rings. The molecular formula is C31H37N7O3SSi. The number of anilines is 1. The summed E-state index contributed by atoms with van der Waals surface area (Å²) >= 11 is 1.39. The molecule has 43 heavy (non-hydrogen) atoms. The van der Waals surface area contributed by atoms with Crippen LogP contribution < -0.4 is 4.90 Å². The van der Waals surface area contributed by atoms with E-state index in [1.165, 1.54) is 11.3 Å². The second kappa shape index (κ2) is 12.0. The Hall–Kier alpha value is -3.87. The first-order chi connectivity index (χ1) is 20.7. The molecule has 0 unspecified atom stereocenters. The normalized spacial score (nSPS) is 14.2. The van der Waals surface area contributed by atoms with Crippen LogP contribution in [0.5, 0.6) is 0 Å². The second-order valence-electron chi connectivity index (χ2n) is 12.2. The maximum Gasteiger partial charge on any atom is 0.242 e. The topological polar surface area (TPSA) is 98.4 Å². The van der Waals surface area contributed by atoms with Gasteiger partial charge in [-0.3, -0.25) is 14.2 Å². The quantitative estimate of drug-likeness (QED) is 0.118. The minimum atomic E-state index is -1.23. The largest absolute Gasteiger partial charge is 0.361 e. The maximum atomic E-state index is 13.2. The smallest absolute Gasteiger partial charge is 0.242 e. The summed E-state index contributed by atoms with van der Waals surface area (Å²) in [4.78, 5) is 44.1. The number of rotatable bonds is 10. The van der Waals surface area contributed by atoms with Crippen LogP contribution in [-0.2, 0) is 22.8 Å². The van der Waals surface area contributed by atoms with E-state index in [9.17, 15) is 9.59 Å². The lowest BCUT2D eigenvalue weighted by atomic mass is 10.3. The molecule has 0 radical (unpaired) electrons. The molecule has 224 valence electrons. The Bertz CT molecular complexity index is 1780. The second-order valence-corrected chi connectivity index (χ2v) is 18.8. The highest BCUT2D eigenvalue weighted by Gasteiger charge is 2.29. The first-order valence-corrected chi connectivity index (χ1v) is 19.2. The molecule has 1 aromatic carbocycles. The van der Waals surface area contributed by atoms with E-state index < -0.39 is 8.07 Å². The zero-order valence-corrected chi connectivity index (χ0v) is 26.9. The third kappa shape index (κ3) is 6.26. The van der Waals surface area contributed by atoms with Gasteiger partial charge >= 0.3 is 0 Å². The number of aromatic nitrogens is 5. The third-order valence-corrected chi connectivity index (χ3v) is 10.7. The molecule has 1 fully saturated rings. The van der Waals surface area contributed by atoms with Gasteiger partial charge in [0.25, 0.3) is 0 Å². The number of nitrogens with zero attached hydrogens (tertiary/aromatic N) is 7. The number of Topliss-reactive ketones (excluding diaryl/α,β-unsaturated/α-hetero) is 1. The van der Waals surface area contributed by atoms with E-state index in [1.807, 2.05) is 58.1 Å². The number of benzene rings is 1. The molecular weight excluding hydrogens is 579 g/mol. The number of fused-ring (bicyclic) bond motifs is 2. The van der Waals surface area contributed by atoms with Crippen LogP contribution in [0.3, 0.4) is 0 Å². The number of para-hydroxylation sites is 2. The number of hydrogen-bond acceptors (Lipinski definition) is 8. The summed E-state index contributed by atoms with van der Waals surface area (Å²) in [5, 5.41) is 2.37. The average Bonchev–Trinajstić information content (AvgIpc) is 3.71. The number of piperazine rings is 1. The number of hydrogen-bond donors (Lipinski definition) is 0. The number of imidazole rings is 1. The molecule has 6 rings (SSSR count). The van der Waals surface area contributed by atoms with E-state index >= 15 is 0 Å². The monoisotopic (exact) mass is 615 g/mol. The highest BCUT2D eigenvalue weighted by atomic mass is 32.1. The standard InChI is InChI=1S/C31H37N7O3SSi/c1-22(39)30-34-27(29-33-24-9-5-6-10-25(24)38(29)21-41-18-19-43(2,3)4)31(42-30)36-16-14-35(15-17-36)26(40)20-37-13-11-23-8-7-12-32-28(23)37/h5-13H,14-21H2,1-4H3. The van der Waals surface area contributed by atoms with Crippen molar-refractivity contribution in [2.24, 2.45) is 0 Å². The Kier molecular flexibility index (Phi) is 8.16. The van der Waals surface area contributed by atoms with Gasteiger partial charge in [-0.25, -0.2) is 15.0 Å². The zero-order valence-electron chi connectivity index (χ0n) is 25.1. The summed E-state index contributed by atoms with van der Waals surface area (Å²) in [6.45, 7) is 12.3. The fraction of sp³-hybridized carbons (Fsp3) is 0.387. The summed E-state index contributed by atoms with van der Waals surface area (Å²) in [6.07, 6.45) is 3.66. The fourth-order valence-electron chi connectivity index (χ4n) is 5.30. The lowest BCUT2D eigenvalue weighted by Crippen LogP contribution is -2.49. The number of ether oxygens (including phenoxy) is 1. The van der Waals surface area contributed by atoms with Crippen molar-refractivity contribution in [2.75, 3.05) is 37.7 Å². The molecule has 10 nitrogen and oxygen atoms in total. The van der Waals surface area contributed by atoms with Gasteiger partial charge in [-0.2, -0.15) is 0 Å². The summed E-state index contributed by atoms with van der Waals surface area (Å²) in [5.74, 6) is 0.681. The Labute approximate surface area is 255 Å². The van der Waals surface area contributed by atoms with Crippen molar-refractivity contribution in [1.29, 1.82) is 0 Å². The van der Waals surface area contributed by atoms with Crippen molar-refractivity contribution >= 4 is 58.2 Å². The number of thiazole rings is 1. The van der Waals surface area contributed by atoms with Crippen LogP contribution >= 0.6 is 11.3 Å². The lowest BCUT2D eigenvalue weighted by molar-refractivity contribution is -0.132. The Morgan fingerprint density at radius 2 is 1.79 bits per heavy atom. The molecule has 0 spiro atoms. The van der Waals surface area contributed by atoms with E-state index in [2.05, 4.69) is 34.1 Å². The first-order valence-electron chi connectivity index (χ1n) is 14.7. The van der Waals surface area contributed by atoms with Crippen molar-refractivity contribution in [1.82, 2.24) is 29.0 Å². The van der Waals surface area contributed by atoms with Crippen molar-refractivity contribution in [2.45, 2.75) is 45.9 Å². The summed E-state index contributed by atoms with van der Waals surface area (Å²) in [5.41, 5.74) is 3.33. The molecule has 12 heteroatoms. The van der Waals surface area contributed by atoms with Crippen molar-refractivity contribution in [3.8, 4) is 11.5 Å². The van der Waals surface area contributed by atoms with E-state index in [1.54, 1.807) is 13.1 Å². The van der Waals surface area contributed by atoms with Gasteiger partial charge < -0.3 is 19.1 Å². The molecule has 0 atom stereocenters. The van der Waals surface area contributed by atoms with Gasteiger partial charge in [0.05, 0.1) is 11.0 Å². The van der Waals surface area contributed by atoms with Crippen molar-refractivity contribution in [3.63, 3.8) is 0 Å². The van der Waals surface area contributed by atoms with Gasteiger partial charge in [0.15, 0.2) is 16.6 Å². The van der Waals surface area contributed by atoms with Gasteiger partial charge in [0.2, 0.25) is 5.91 Å².